The van der Waals surface area contributed by atoms with Crippen molar-refractivity contribution in [2.24, 2.45) is 0 Å². The molecule has 2 rings (SSSR count). The van der Waals surface area contributed by atoms with Gasteiger partial charge >= 0.3 is 5.97 Å². The smallest absolute Gasteiger partial charge is 0.337 e. The lowest BCUT2D eigenvalue weighted by atomic mass is 10.1. The number of anilines is 1. The Balaban J connectivity index is 2.22. The molecule has 0 amide bonds. The van der Waals surface area contributed by atoms with E-state index in [1.807, 2.05) is 19.1 Å². The molecule has 2 aromatic rings. The SMILES string of the molecule is COC(=O)c1ccc(Cl)c(NC(C)c2cccnc2)c1. The number of halogens is 1. The van der Waals surface area contributed by atoms with Crippen LogP contribution in [0.5, 0.6) is 0 Å². The summed E-state index contributed by atoms with van der Waals surface area (Å²) in [5.41, 5.74) is 2.18. The van der Waals surface area contributed by atoms with Gasteiger partial charge in [-0.1, -0.05) is 17.7 Å². The predicted octanol–water partition coefficient (Wildman–Crippen LogP) is 3.69. The highest BCUT2D eigenvalue weighted by molar-refractivity contribution is 6.33. The maximum Gasteiger partial charge on any atom is 0.337 e. The van der Waals surface area contributed by atoms with Crippen LogP contribution < -0.4 is 5.32 Å². The minimum absolute atomic E-state index is 0.0223. The molecule has 0 aliphatic carbocycles. The van der Waals surface area contributed by atoms with Crippen LogP contribution in [0.4, 0.5) is 5.69 Å². The van der Waals surface area contributed by atoms with Crippen molar-refractivity contribution in [2.75, 3.05) is 12.4 Å². The third-order valence-corrected chi connectivity index (χ3v) is 3.27. The molecule has 0 fully saturated rings. The van der Waals surface area contributed by atoms with Gasteiger partial charge in [-0.15, -0.1) is 0 Å². The molecule has 0 aliphatic heterocycles. The molecular formula is C15H15ClN2O2. The van der Waals surface area contributed by atoms with Crippen LogP contribution in [-0.4, -0.2) is 18.1 Å². The first-order valence-electron chi connectivity index (χ1n) is 6.16. The van der Waals surface area contributed by atoms with E-state index >= 15 is 0 Å². The first-order chi connectivity index (χ1) is 9.61. The molecule has 1 aromatic carbocycles. The van der Waals surface area contributed by atoms with Gasteiger partial charge in [-0.3, -0.25) is 4.98 Å². The van der Waals surface area contributed by atoms with Crippen LogP contribution in [0.1, 0.15) is 28.9 Å². The zero-order chi connectivity index (χ0) is 14.5. The number of benzene rings is 1. The Kier molecular flexibility index (Phi) is 4.58. The largest absolute Gasteiger partial charge is 0.465 e. The average molecular weight is 291 g/mol. The molecule has 0 spiro atoms. The summed E-state index contributed by atoms with van der Waals surface area (Å²) < 4.78 is 4.70. The fraction of sp³-hybridized carbons (Fsp3) is 0.200. The lowest BCUT2D eigenvalue weighted by molar-refractivity contribution is 0.0601. The van der Waals surface area contributed by atoms with Gasteiger partial charge in [0.1, 0.15) is 0 Å². The number of hydrogen-bond acceptors (Lipinski definition) is 4. The molecule has 0 bridgehead atoms. The summed E-state index contributed by atoms with van der Waals surface area (Å²) in [6.45, 7) is 2.00. The molecule has 1 N–H and O–H groups in total. The second-order valence-corrected chi connectivity index (χ2v) is 4.75. The molecule has 0 saturated carbocycles. The number of hydrogen-bond donors (Lipinski definition) is 1. The standard InChI is InChI=1S/C15H15ClN2O2/c1-10(12-4-3-7-17-9-12)18-14-8-11(15(19)20-2)5-6-13(14)16/h3-10,18H,1-2H3. The van der Waals surface area contributed by atoms with Crippen LogP contribution in [0.15, 0.2) is 42.7 Å². The van der Waals surface area contributed by atoms with Crippen molar-refractivity contribution in [3.8, 4) is 0 Å². The van der Waals surface area contributed by atoms with Gasteiger partial charge in [0.25, 0.3) is 0 Å². The normalized spacial score (nSPS) is 11.8. The maximum atomic E-state index is 11.5. The predicted molar refractivity (Wildman–Crippen MR) is 79.1 cm³/mol. The number of ether oxygens (including phenoxy) is 1. The summed E-state index contributed by atoms with van der Waals surface area (Å²) in [6, 6.07) is 8.86. The van der Waals surface area contributed by atoms with Crippen molar-refractivity contribution < 1.29 is 9.53 Å². The first-order valence-corrected chi connectivity index (χ1v) is 6.54. The van der Waals surface area contributed by atoms with E-state index in [0.717, 1.165) is 5.56 Å². The molecule has 4 nitrogen and oxygen atoms in total. The van der Waals surface area contributed by atoms with Crippen LogP contribution in [0.3, 0.4) is 0 Å². The highest BCUT2D eigenvalue weighted by atomic mass is 35.5. The van der Waals surface area contributed by atoms with Crippen LogP contribution in [0.2, 0.25) is 5.02 Å². The third-order valence-electron chi connectivity index (χ3n) is 2.94. The Morgan fingerprint density at radius 1 is 1.40 bits per heavy atom. The summed E-state index contributed by atoms with van der Waals surface area (Å²) in [6.07, 6.45) is 3.51. The molecule has 1 unspecified atom stereocenters. The van der Waals surface area contributed by atoms with Gasteiger partial charge in [0.15, 0.2) is 0 Å². The number of rotatable bonds is 4. The molecule has 5 heteroatoms. The molecular weight excluding hydrogens is 276 g/mol. The van der Waals surface area contributed by atoms with E-state index in [0.29, 0.717) is 16.3 Å². The quantitative estimate of drug-likeness (QED) is 0.873. The molecule has 104 valence electrons. The number of carbonyl (C=O) groups is 1. The topological polar surface area (TPSA) is 51.2 Å². The van der Waals surface area contributed by atoms with Gasteiger partial charge < -0.3 is 10.1 Å². The van der Waals surface area contributed by atoms with Crippen molar-refractivity contribution in [3.05, 3.63) is 58.9 Å². The molecule has 1 aromatic heterocycles. The number of pyridine rings is 1. The summed E-state index contributed by atoms with van der Waals surface area (Å²) in [4.78, 5) is 15.6. The zero-order valence-corrected chi connectivity index (χ0v) is 12.0. The Hall–Kier alpha value is -2.07. The van der Waals surface area contributed by atoms with Crippen molar-refractivity contribution in [1.82, 2.24) is 4.98 Å². The molecule has 0 radical (unpaired) electrons. The number of esters is 1. The van der Waals surface area contributed by atoms with E-state index in [1.165, 1.54) is 7.11 Å². The maximum absolute atomic E-state index is 11.5. The fourth-order valence-electron chi connectivity index (χ4n) is 1.83. The Morgan fingerprint density at radius 2 is 2.20 bits per heavy atom. The van der Waals surface area contributed by atoms with Crippen molar-refractivity contribution >= 4 is 23.3 Å². The van der Waals surface area contributed by atoms with Crippen LogP contribution in [0.25, 0.3) is 0 Å². The second kappa shape index (κ2) is 6.39. The van der Waals surface area contributed by atoms with E-state index in [-0.39, 0.29) is 6.04 Å². The minimum atomic E-state index is -0.390. The van der Waals surface area contributed by atoms with Gasteiger partial charge in [-0.25, -0.2) is 4.79 Å². The average Bonchev–Trinajstić information content (AvgIpc) is 2.49. The number of nitrogens with zero attached hydrogens (tertiary/aromatic N) is 1. The number of nitrogens with one attached hydrogen (secondary N) is 1. The van der Waals surface area contributed by atoms with Gasteiger partial charge in [-0.05, 0) is 36.8 Å². The summed E-state index contributed by atoms with van der Waals surface area (Å²) >= 11 is 6.15. The summed E-state index contributed by atoms with van der Waals surface area (Å²) in [7, 11) is 1.35. The number of aromatic nitrogens is 1. The highest BCUT2D eigenvalue weighted by Gasteiger charge is 2.11. The molecule has 1 heterocycles. The summed E-state index contributed by atoms with van der Waals surface area (Å²) in [5.74, 6) is -0.390. The van der Waals surface area contributed by atoms with Gasteiger partial charge in [0.2, 0.25) is 0 Å². The van der Waals surface area contributed by atoms with Crippen molar-refractivity contribution in [2.45, 2.75) is 13.0 Å². The molecule has 0 saturated heterocycles. The number of carbonyl (C=O) groups excluding carboxylic acids is 1. The van der Waals surface area contributed by atoms with Crippen molar-refractivity contribution in [3.63, 3.8) is 0 Å². The Labute approximate surface area is 122 Å². The zero-order valence-electron chi connectivity index (χ0n) is 11.3. The van der Waals surface area contributed by atoms with Gasteiger partial charge in [-0.2, -0.15) is 0 Å². The first kappa shape index (κ1) is 14.3. The third kappa shape index (κ3) is 3.27. The molecule has 1 atom stereocenters. The van der Waals surface area contributed by atoms with E-state index in [2.05, 4.69) is 10.3 Å². The Bertz CT molecular complexity index is 602. The van der Waals surface area contributed by atoms with E-state index in [1.54, 1.807) is 30.6 Å². The van der Waals surface area contributed by atoms with Crippen LogP contribution in [0, 0.1) is 0 Å². The second-order valence-electron chi connectivity index (χ2n) is 4.34. The monoisotopic (exact) mass is 290 g/mol. The lowest BCUT2D eigenvalue weighted by Crippen LogP contribution is -2.09. The summed E-state index contributed by atoms with van der Waals surface area (Å²) in [5, 5.41) is 3.82. The van der Waals surface area contributed by atoms with E-state index in [9.17, 15) is 4.79 Å². The van der Waals surface area contributed by atoms with Crippen LogP contribution >= 0.6 is 11.6 Å². The van der Waals surface area contributed by atoms with Crippen molar-refractivity contribution in [1.29, 1.82) is 0 Å². The number of methoxy groups -OCH3 is 1. The van der Waals surface area contributed by atoms with E-state index < -0.39 is 5.97 Å². The highest BCUT2D eigenvalue weighted by Crippen LogP contribution is 2.27. The molecule has 0 aliphatic rings. The van der Waals surface area contributed by atoms with Gasteiger partial charge in [0, 0.05) is 12.4 Å². The molecule has 20 heavy (non-hydrogen) atoms. The minimum Gasteiger partial charge on any atom is -0.465 e. The lowest BCUT2D eigenvalue weighted by Gasteiger charge is -2.17. The Morgan fingerprint density at radius 3 is 2.85 bits per heavy atom. The van der Waals surface area contributed by atoms with Gasteiger partial charge in [0.05, 0.1) is 29.4 Å². The van der Waals surface area contributed by atoms with E-state index in [4.69, 9.17) is 16.3 Å². The fourth-order valence-corrected chi connectivity index (χ4v) is 2.00. The van der Waals surface area contributed by atoms with Crippen LogP contribution in [-0.2, 0) is 4.74 Å².